The number of nitrogens with one attached hydrogen (secondary N) is 3. The monoisotopic (exact) mass is 362 g/mol. The fourth-order valence-corrected chi connectivity index (χ4v) is 3.52. The van der Waals surface area contributed by atoms with Crippen molar-refractivity contribution >= 4 is 11.9 Å². The molecule has 6 heteroatoms. The molecule has 1 amide bonds. The van der Waals surface area contributed by atoms with Gasteiger partial charge < -0.3 is 16.0 Å². The molecule has 1 aliphatic carbocycles. The van der Waals surface area contributed by atoms with Gasteiger partial charge in [0.2, 0.25) is 5.91 Å². The predicted molar refractivity (Wildman–Crippen MR) is 104 cm³/mol. The number of benzene rings is 1. The summed E-state index contributed by atoms with van der Waals surface area (Å²) in [5.41, 5.74) is 0.885. The first kappa shape index (κ1) is 20.2. The molecule has 0 aromatic heterocycles. The van der Waals surface area contributed by atoms with Crippen LogP contribution in [0.15, 0.2) is 29.3 Å². The Bertz CT molecular complexity index is 628. The predicted octanol–water partition coefficient (Wildman–Crippen LogP) is 2.72. The lowest BCUT2D eigenvalue weighted by atomic mass is 9.79. The summed E-state index contributed by atoms with van der Waals surface area (Å²) in [5.74, 6) is 0.314. The number of aliphatic imine (C=N–C) groups is 1. The van der Waals surface area contributed by atoms with E-state index in [1.165, 1.54) is 25.0 Å². The van der Waals surface area contributed by atoms with E-state index < -0.39 is 0 Å². The van der Waals surface area contributed by atoms with Gasteiger partial charge in [-0.15, -0.1) is 0 Å². The maximum atomic E-state index is 13.3. The van der Waals surface area contributed by atoms with E-state index in [1.807, 2.05) is 32.9 Å². The molecule has 5 nitrogen and oxygen atoms in total. The Kier molecular flexibility index (Phi) is 6.62. The van der Waals surface area contributed by atoms with E-state index in [-0.39, 0.29) is 29.2 Å². The minimum atomic E-state index is -0.258. The summed E-state index contributed by atoms with van der Waals surface area (Å²) in [5, 5.41) is 9.32. The fourth-order valence-electron chi connectivity index (χ4n) is 3.52. The summed E-state index contributed by atoms with van der Waals surface area (Å²) in [6, 6.07) is 6.82. The summed E-state index contributed by atoms with van der Waals surface area (Å²) in [7, 11) is 1.69. The Morgan fingerprint density at radius 2 is 1.77 bits per heavy atom. The maximum Gasteiger partial charge on any atom is 0.239 e. The third kappa shape index (κ3) is 5.71. The molecule has 0 heterocycles. The van der Waals surface area contributed by atoms with Crippen LogP contribution in [0.3, 0.4) is 0 Å². The van der Waals surface area contributed by atoms with Crippen molar-refractivity contribution in [1.82, 2.24) is 16.0 Å². The SMILES string of the molecule is CN=C(NCC(=O)NC(C)(C)C)NCC1(c2ccc(F)cc2)CCCC1. The number of hydrogen-bond donors (Lipinski definition) is 3. The van der Waals surface area contributed by atoms with Crippen LogP contribution in [0, 0.1) is 5.82 Å². The van der Waals surface area contributed by atoms with E-state index in [2.05, 4.69) is 20.9 Å². The first-order valence-electron chi connectivity index (χ1n) is 9.26. The zero-order valence-corrected chi connectivity index (χ0v) is 16.3. The van der Waals surface area contributed by atoms with Crippen LogP contribution in [-0.2, 0) is 10.2 Å². The van der Waals surface area contributed by atoms with Crippen molar-refractivity contribution in [2.75, 3.05) is 20.1 Å². The van der Waals surface area contributed by atoms with Gasteiger partial charge in [0.25, 0.3) is 0 Å². The lowest BCUT2D eigenvalue weighted by Gasteiger charge is -2.31. The molecule has 1 fully saturated rings. The molecule has 0 saturated heterocycles. The molecule has 144 valence electrons. The summed E-state index contributed by atoms with van der Waals surface area (Å²) >= 11 is 0. The van der Waals surface area contributed by atoms with Crippen LogP contribution in [0.5, 0.6) is 0 Å². The van der Waals surface area contributed by atoms with Gasteiger partial charge in [-0.3, -0.25) is 9.79 Å². The summed E-state index contributed by atoms with van der Waals surface area (Å²) < 4.78 is 13.3. The van der Waals surface area contributed by atoms with Crippen LogP contribution < -0.4 is 16.0 Å². The molecule has 2 rings (SSSR count). The van der Waals surface area contributed by atoms with E-state index in [9.17, 15) is 9.18 Å². The van der Waals surface area contributed by atoms with Crippen molar-refractivity contribution in [2.45, 2.75) is 57.4 Å². The highest BCUT2D eigenvalue weighted by Crippen LogP contribution is 2.40. The minimum Gasteiger partial charge on any atom is -0.356 e. The second kappa shape index (κ2) is 8.52. The Balaban J connectivity index is 1.95. The molecule has 1 saturated carbocycles. The van der Waals surface area contributed by atoms with Gasteiger partial charge in [-0.2, -0.15) is 0 Å². The zero-order chi connectivity index (χ0) is 19.2. The number of halogens is 1. The standard InChI is InChI=1S/C20H31FN4O/c1-19(2,3)25-17(26)13-23-18(22-4)24-14-20(11-5-6-12-20)15-7-9-16(21)10-8-15/h7-10H,5-6,11-14H2,1-4H3,(H,25,26)(H2,22,23,24). The minimum absolute atomic E-state index is 0.0149. The molecule has 0 aliphatic heterocycles. The number of hydrogen-bond acceptors (Lipinski definition) is 2. The third-order valence-electron chi connectivity index (χ3n) is 4.77. The second-order valence-electron chi connectivity index (χ2n) is 8.07. The number of carbonyl (C=O) groups excluding carboxylic acids is 1. The van der Waals surface area contributed by atoms with Gasteiger partial charge in [0, 0.05) is 24.5 Å². The van der Waals surface area contributed by atoms with E-state index in [0.717, 1.165) is 18.4 Å². The molecule has 26 heavy (non-hydrogen) atoms. The highest BCUT2D eigenvalue weighted by Gasteiger charge is 2.35. The van der Waals surface area contributed by atoms with Crippen LogP contribution in [0.1, 0.15) is 52.0 Å². The average Bonchev–Trinajstić information content (AvgIpc) is 3.04. The fraction of sp³-hybridized carbons (Fsp3) is 0.600. The third-order valence-corrected chi connectivity index (χ3v) is 4.77. The Morgan fingerprint density at radius 1 is 1.15 bits per heavy atom. The number of nitrogens with zero attached hydrogens (tertiary/aromatic N) is 1. The van der Waals surface area contributed by atoms with Crippen molar-refractivity contribution in [1.29, 1.82) is 0 Å². The molecule has 1 aromatic rings. The molecular weight excluding hydrogens is 331 g/mol. The number of carbonyl (C=O) groups is 1. The number of guanidine groups is 1. The lowest BCUT2D eigenvalue weighted by Crippen LogP contribution is -2.50. The second-order valence-corrected chi connectivity index (χ2v) is 8.07. The lowest BCUT2D eigenvalue weighted by molar-refractivity contribution is -0.121. The van der Waals surface area contributed by atoms with Crippen molar-refractivity contribution in [2.24, 2.45) is 4.99 Å². The maximum absolute atomic E-state index is 13.3. The zero-order valence-electron chi connectivity index (χ0n) is 16.3. The Hall–Kier alpha value is -2.11. The Morgan fingerprint density at radius 3 is 2.31 bits per heavy atom. The topological polar surface area (TPSA) is 65.5 Å². The van der Waals surface area contributed by atoms with E-state index in [1.54, 1.807) is 7.05 Å². The van der Waals surface area contributed by atoms with Gasteiger partial charge in [-0.1, -0.05) is 25.0 Å². The van der Waals surface area contributed by atoms with Crippen LogP contribution in [0.4, 0.5) is 4.39 Å². The summed E-state index contributed by atoms with van der Waals surface area (Å²) in [6.45, 7) is 6.72. The summed E-state index contributed by atoms with van der Waals surface area (Å²) in [6.07, 6.45) is 4.46. The number of rotatable bonds is 5. The van der Waals surface area contributed by atoms with Gasteiger partial charge in [0.15, 0.2) is 5.96 Å². The molecule has 0 radical (unpaired) electrons. The van der Waals surface area contributed by atoms with Crippen molar-refractivity contribution in [3.8, 4) is 0 Å². The molecule has 1 aliphatic rings. The Labute approximate surface area is 155 Å². The smallest absolute Gasteiger partial charge is 0.239 e. The average molecular weight is 362 g/mol. The molecule has 0 atom stereocenters. The van der Waals surface area contributed by atoms with Gasteiger partial charge in [-0.25, -0.2) is 4.39 Å². The van der Waals surface area contributed by atoms with Crippen LogP contribution in [0.2, 0.25) is 0 Å². The molecule has 1 aromatic carbocycles. The molecular formula is C20H31FN4O. The first-order chi connectivity index (χ1) is 12.2. The normalized spacial score (nSPS) is 17.0. The van der Waals surface area contributed by atoms with Crippen LogP contribution in [-0.4, -0.2) is 37.5 Å². The largest absolute Gasteiger partial charge is 0.356 e. The van der Waals surface area contributed by atoms with Crippen molar-refractivity contribution in [3.63, 3.8) is 0 Å². The first-order valence-corrected chi connectivity index (χ1v) is 9.26. The van der Waals surface area contributed by atoms with Gasteiger partial charge in [0.1, 0.15) is 5.82 Å². The summed E-state index contributed by atoms with van der Waals surface area (Å²) in [4.78, 5) is 16.2. The highest BCUT2D eigenvalue weighted by molar-refractivity contribution is 5.86. The van der Waals surface area contributed by atoms with Crippen LogP contribution >= 0.6 is 0 Å². The van der Waals surface area contributed by atoms with Crippen LogP contribution in [0.25, 0.3) is 0 Å². The van der Waals surface area contributed by atoms with Crippen molar-refractivity contribution in [3.05, 3.63) is 35.6 Å². The molecule has 3 N–H and O–H groups in total. The van der Waals surface area contributed by atoms with Gasteiger partial charge in [0.05, 0.1) is 6.54 Å². The molecule has 0 bridgehead atoms. The molecule has 0 unspecified atom stereocenters. The molecule has 0 spiro atoms. The van der Waals surface area contributed by atoms with E-state index in [4.69, 9.17) is 0 Å². The van der Waals surface area contributed by atoms with Crippen molar-refractivity contribution < 1.29 is 9.18 Å². The quantitative estimate of drug-likeness (QED) is 0.557. The van der Waals surface area contributed by atoms with E-state index in [0.29, 0.717) is 12.5 Å². The number of amides is 1. The van der Waals surface area contributed by atoms with Gasteiger partial charge >= 0.3 is 0 Å². The van der Waals surface area contributed by atoms with Gasteiger partial charge in [-0.05, 0) is 51.3 Å². The highest BCUT2D eigenvalue weighted by atomic mass is 19.1. The van der Waals surface area contributed by atoms with E-state index >= 15 is 0 Å².